The van der Waals surface area contributed by atoms with E-state index in [1.54, 1.807) is 0 Å². The fourth-order valence-corrected chi connectivity index (χ4v) is 2.89. The van der Waals surface area contributed by atoms with Gasteiger partial charge in [0.15, 0.2) is 0 Å². The molecule has 0 saturated carbocycles. The minimum absolute atomic E-state index is 0.181. The van der Waals surface area contributed by atoms with Crippen LogP contribution in [0.3, 0.4) is 0 Å². The monoisotopic (exact) mass is 241 g/mol. The van der Waals surface area contributed by atoms with Crippen molar-refractivity contribution in [2.24, 2.45) is 0 Å². The number of ether oxygens (including phenoxy) is 1. The first-order valence-electron chi connectivity index (χ1n) is 6.73. The van der Waals surface area contributed by atoms with Crippen LogP contribution < -0.4 is 26.8 Å². The van der Waals surface area contributed by atoms with E-state index in [9.17, 15) is 0 Å². The van der Waals surface area contributed by atoms with Gasteiger partial charge in [-0.25, -0.2) is 0 Å². The molecule has 17 heavy (non-hydrogen) atoms. The lowest BCUT2D eigenvalue weighted by molar-refractivity contribution is 0.0560. The van der Waals surface area contributed by atoms with Gasteiger partial charge in [-0.05, 0) is 12.8 Å². The molecule has 5 N–H and O–H groups in total. The van der Waals surface area contributed by atoms with Gasteiger partial charge in [-0.1, -0.05) is 0 Å². The van der Waals surface area contributed by atoms with Gasteiger partial charge in [-0.3, -0.25) is 16.2 Å². The second kappa shape index (κ2) is 5.60. The fourth-order valence-electron chi connectivity index (χ4n) is 2.89. The molecule has 3 heterocycles. The summed E-state index contributed by atoms with van der Waals surface area (Å²) in [4.78, 5) is 0. The summed E-state index contributed by atoms with van der Waals surface area (Å²) in [7, 11) is 0. The molecule has 0 amide bonds. The largest absolute Gasteiger partial charge is 0.360 e. The van der Waals surface area contributed by atoms with Crippen molar-refractivity contribution < 1.29 is 4.74 Å². The molecule has 0 bridgehead atoms. The number of rotatable bonds is 2. The summed E-state index contributed by atoms with van der Waals surface area (Å²) in [6.45, 7) is 4.87. The maximum atomic E-state index is 5.63. The zero-order valence-electron chi connectivity index (χ0n) is 10.2. The summed E-state index contributed by atoms with van der Waals surface area (Å²) < 4.78 is 5.63. The standard InChI is InChI=1S/C11H23N5O/c1-2-8(16-15-3-1)9-6-14-10(7-13-9)11-12-4-5-17-11/h8-16H,1-7H2. The van der Waals surface area contributed by atoms with E-state index < -0.39 is 0 Å². The molecule has 98 valence electrons. The highest BCUT2D eigenvalue weighted by molar-refractivity contribution is 4.93. The van der Waals surface area contributed by atoms with Crippen LogP contribution in [-0.4, -0.2) is 57.1 Å². The second-order valence-electron chi connectivity index (χ2n) is 5.09. The smallest absolute Gasteiger partial charge is 0.124 e. The summed E-state index contributed by atoms with van der Waals surface area (Å²) in [6, 6.07) is 1.44. The lowest BCUT2D eigenvalue weighted by atomic mass is 9.99. The first kappa shape index (κ1) is 11.8. The number of nitrogens with one attached hydrogen (secondary N) is 5. The van der Waals surface area contributed by atoms with Crippen LogP contribution in [-0.2, 0) is 4.74 Å². The maximum Gasteiger partial charge on any atom is 0.124 e. The Hall–Kier alpha value is -0.240. The van der Waals surface area contributed by atoms with Crippen LogP contribution in [0.2, 0.25) is 0 Å². The van der Waals surface area contributed by atoms with Gasteiger partial charge in [-0.2, -0.15) is 0 Å². The molecule has 3 fully saturated rings. The molecule has 0 radical (unpaired) electrons. The van der Waals surface area contributed by atoms with Gasteiger partial charge in [0.1, 0.15) is 6.23 Å². The van der Waals surface area contributed by atoms with E-state index in [0.29, 0.717) is 18.1 Å². The number of piperazine rings is 1. The molecule has 0 spiro atoms. The number of hydrazine groups is 1. The summed E-state index contributed by atoms with van der Waals surface area (Å²) in [5.74, 6) is 0. The quantitative estimate of drug-likeness (QED) is 0.390. The van der Waals surface area contributed by atoms with E-state index in [1.165, 1.54) is 12.8 Å². The topological polar surface area (TPSA) is 69.4 Å². The van der Waals surface area contributed by atoms with E-state index in [2.05, 4.69) is 26.8 Å². The van der Waals surface area contributed by atoms with Gasteiger partial charge in [0, 0.05) is 38.3 Å². The fraction of sp³-hybridized carbons (Fsp3) is 1.00. The van der Waals surface area contributed by atoms with E-state index in [0.717, 1.165) is 32.8 Å². The molecule has 3 saturated heterocycles. The first-order chi connectivity index (χ1) is 8.43. The average Bonchev–Trinajstić information content (AvgIpc) is 2.94. The molecular weight excluding hydrogens is 218 g/mol. The van der Waals surface area contributed by atoms with Crippen molar-refractivity contribution in [2.75, 3.05) is 32.8 Å². The van der Waals surface area contributed by atoms with Gasteiger partial charge in [0.05, 0.1) is 12.6 Å². The molecule has 0 aromatic heterocycles. The Morgan fingerprint density at radius 3 is 2.41 bits per heavy atom. The minimum Gasteiger partial charge on any atom is -0.360 e. The lowest BCUT2D eigenvalue weighted by Crippen LogP contribution is -2.67. The molecule has 0 aromatic rings. The minimum atomic E-state index is 0.181. The molecule has 4 unspecified atom stereocenters. The zero-order chi connectivity index (χ0) is 11.5. The van der Waals surface area contributed by atoms with Gasteiger partial charge >= 0.3 is 0 Å². The third-order valence-electron chi connectivity index (χ3n) is 3.90. The summed E-state index contributed by atoms with van der Waals surface area (Å²) in [5.41, 5.74) is 6.62. The van der Waals surface area contributed by atoms with Crippen molar-refractivity contribution in [3.05, 3.63) is 0 Å². The highest BCUT2D eigenvalue weighted by Gasteiger charge is 2.32. The van der Waals surface area contributed by atoms with E-state index >= 15 is 0 Å². The van der Waals surface area contributed by atoms with E-state index in [1.807, 2.05) is 0 Å². The lowest BCUT2D eigenvalue weighted by Gasteiger charge is -2.39. The summed E-state index contributed by atoms with van der Waals surface area (Å²) in [5, 5.41) is 10.6. The molecule has 6 nitrogen and oxygen atoms in total. The van der Waals surface area contributed by atoms with Crippen molar-refractivity contribution in [3.63, 3.8) is 0 Å². The van der Waals surface area contributed by atoms with Crippen molar-refractivity contribution >= 4 is 0 Å². The SMILES string of the molecule is C1CNNC(C2CNC(C3NCCO3)CN2)C1. The second-order valence-corrected chi connectivity index (χ2v) is 5.09. The third-order valence-corrected chi connectivity index (χ3v) is 3.90. The Kier molecular flexibility index (Phi) is 3.90. The van der Waals surface area contributed by atoms with E-state index in [4.69, 9.17) is 4.74 Å². The van der Waals surface area contributed by atoms with Crippen LogP contribution >= 0.6 is 0 Å². The molecule has 0 aromatic carbocycles. The van der Waals surface area contributed by atoms with Crippen LogP contribution in [0.5, 0.6) is 0 Å². The Balaban J connectivity index is 1.46. The van der Waals surface area contributed by atoms with Gasteiger partial charge in [0.2, 0.25) is 0 Å². The summed E-state index contributed by atoms with van der Waals surface area (Å²) in [6.07, 6.45) is 2.68. The first-order valence-corrected chi connectivity index (χ1v) is 6.73. The van der Waals surface area contributed by atoms with Gasteiger partial charge in [-0.15, -0.1) is 0 Å². The third kappa shape index (κ3) is 2.78. The zero-order valence-corrected chi connectivity index (χ0v) is 10.2. The van der Waals surface area contributed by atoms with Crippen LogP contribution in [0.4, 0.5) is 0 Å². The number of hydrogen-bond acceptors (Lipinski definition) is 6. The Morgan fingerprint density at radius 2 is 1.76 bits per heavy atom. The molecule has 3 aliphatic heterocycles. The van der Waals surface area contributed by atoms with Crippen molar-refractivity contribution in [2.45, 2.75) is 37.2 Å². The average molecular weight is 241 g/mol. The maximum absolute atomic E-state index is 5.63. The van der Waals surface area contributed by atoms with Gasteiger partial charge < -0.3 is 15.4 Å². The predicted octanol–water partition coefficient (Wildman–Crippen LogP) is -1.88. The van der Waals surface area contributed by atoms with Crippen LogP contribution in [0.25, 0.3) is 0 Å². The van der Waals surface area contributed by atoms with Crippen molar-refractivity contribution in [3.8, 4) is 0 Å². The normalized spacial score (nSPS) is 43.8. The Bertz CT molecular complexity index is 232. The van der Waals surface area contributed by atoms with Crippen molar-refractivity contribution in [1.82, 2.24) is 26.8 Å². The van der Waals surface area contributed by atoms with Gasteiger partial charge in [0.25, 0.3) is 0 Å². The van der Waals surface area contributed by atoms with Crippen LogP contribution in [0, 0.1) is 0 Å². The molecule has 4 atom stereocenters. The molecule has 3 aliphatic rings. The highest BCUT2D eigenvalue weighted by atomic mass is 16.5. The molecule has 6 heteroatoms. The Labute approximate surface area is 102 Å². The number of hydrogen-bond donors (Lipinski definition) is 5. The Morgan fingerprint density at radius 1 is 0.882 bits per heavy atom. The molecule has 0 aliphatic carbocycles. The highest BCUT2D eigenvalue weighted by Crippen LogP contribution is 2.10. The molecular formula is C11H23N5O. The van der Waals surface area contributed by atoms with Crippen LogP contribution in [0.1, 0.15) is 12.8 Å². The van der Waals surface area contributed by atoms with E-state index in [-0.39, 0.29) is 6.23 Å². The van der Waals surface area contributed by atoms with Crippen LogP contribution in [0.15, 0.2) is 0 Å². The predicted molar refractivity (Wildman–Crippen MR) is 65.5 cm³/mol. The molecule has 3 rings (SSSR count). The summed E-state index contributed by atoms with van der Waals surface area (Å²) >= 11 is 0. The van der Waals surface area contributed by atoms with Crippen molar-refractivity contribution in [1.29, 1.82) is 0 Å².